The van der Waals surface area contributed by atoms with E-state index >= 15 is 0 Å². The van der Waals surface area contributed by atoms with E-state index in [2.05, 4.69) is 20.7 Å². The summed E-state index contributed by atoms with van der Waals surface area (Å²) in [6.45, 7) is 5.60. The van der Waals surface area contributed by atoms with Gasteiger partial charge >= 0.3 is 0 Å². The van der Waals surface area contributed by atoms with Crippen LogP contribution in [0.1, 0.15) is 32.8 Å². The second-order valence-corrected chi connectivity index (χ2v) is 13.4. The highest BCUT2D eigenvalue weighted by Gasteiger charge is 2.15. The van der Waals surface area contributed by atoms with Gasteiger partial charge in [-0.05, 0) is 79.1 Å². The van der Waals surface area contributed by atoms with Crippen LogP contribution in [0.3, 0.4) is 0 Å². The van der Waals surface area contributed by atoms with Gasteiger partial charge in [0.2, 0.25) is 10.0 Å². The highest BCUT2D eigenvalue weighted by Crippen LogP contribution is 2.31. The van der Waals surface area contributed by atoms with Crippen molar-refractivity contribution < 1.29 is 17.9 Å². The number of aromatic nitrogens is 1. The summed E-state index contributed by atoms with van der Waals surface area (Å²) in [6.07, 6.45) is 1.95. The van der Waals surface area contributed by atoms with Crippen LogP contribution in [0.2, 0.25) is 0 Å². The van der Waals surface area contributed by atoms with E-state index in [9.17, 15) is 13.7 Å². The molecule has 0 saturated carbocycles. The van der Waals surface area contributed by atoms with Gasteiger partial charge in [0.25, 0.3) is 0 Å². The Labute approximate surface area is 268 Å². The first-order valence-electron chi connectivity index (χ1n) is 14.4. The number of hydrogen-bond acceptors (Lipinski definition) is 8. The maximum atomic E-state index is 12.0. The number of thiazole rings is 1. The van der Waals surface area contributed by atoms with Gasteiger partial charge in [0.15, 0.2) is 0 Å². The molecule has 8 nitrogen and oxygen atoms in total. The molecule has 0 saturated heterocycles. The lowest BCUT2D eigenvalue weighted by atomic mass is 10.1. The second kappa shape index (κ2) is 14.3. The first-order chi connectivity index (χ1) is 21.7. The Kier molecular flexibility index (Phi) is 10.0. The van der Waals surface area contributed by atoms with Gasteiger partial charge in [-0.2, -0.15) is 5.26 Å². The molecule has 0 bridgehead atoms. The first-order valence-corrected chi connectivity index (χ1v) is 17.1. The third-order valence-corrected chi connectivity index (χ3v) is 8.76. The van der Waals surface area contributed by atoms with Crippen LogP contribution >= 0.6 is 11.3 Å². The molecule has 10 heteroatoms. The number of nitrogens with zero attached hydrogens (tertiary/aromatic N) is 3. The number of aryl methyl sites for hydroxylation is 1. The van der Waals surface area contributed by atoms with Crippen molar-refractivity contribution in [2.45, 2.75) is 33.4 Å². The van der Waals surface area contributed by atoms with Crippen molar-refractivity contribution >= 4 is 32.7 Å². The molecular formula is C35H34N4O4S2. The van der Waals surface area contributed by atoms with Crippen LogP contribution in [0, 0.1) is 25.2 Å². The summed E-state index contributed by atoms with van der Waals surface area (Å²) < 4.78 is 38.7. The average Bonchev–Trinajstić information content (AvgIpc) is 3.43. The maximum absolute atomic E-state index is 12.0. The van der Waals surface area contributed by atoms with Gasteiger partial charge < -0.3 is 14.4 Å². The van der Waals surface area contributed by atoms with E-state index < -0.39 is 10.0 Å². The van der Waals surface area contributed by atoms with Crippen LogP contribution in [0.15, 0.2) is 96.5 Å². The number of rotatable bonds is 13. The molecule has 0 aliphatic rings. The highest BCUT2D eigenvalue weighted by atomic mass is 32.2. The molecule has 230 valence electrons. The van der Waals surface area contributed by atoms with Crippen molar-refractivity contribution in [3.63, 3.8) is 0 Å². The normalized spacial score (nSPS) is 11.1. The average molecular weight is 639 g/mol. The summed E-state index contributed by atoms with van der Waals surface area (Å²) in [5.74, 6) is 2.13. The predicted octanol–water partition coefficient (Wildman–Crippen LogP) is 7.62. The Morgan fingerprint density at radius 1 is 0.889 bits per heavy atom. The van der Waals surface area contributed by atoms with Gasteiger partial charge in [-0.15, -0.1) is 11.3 Å². The minimum Gasteiger partial charge on any atom is -0.493 e. The van der Waals surface area contributed by atoms with E-state index in [1.165, 1.54) is 4.88 Å². The molecule has 1 aromatic heterocycles. The van der Waals surface area contributed by atoms with E-state index in [4.69, 9.17) is 9.47 Å². The number of ether oxygens (including phenoxy) is 2. The number of sulfonamides is 1. The number of anilines is 2. The minimum atomic E-state index is -3.44. The lowest BCUT2D eigenvalue weighted by Crippen LogP contribution is -2.23. The SMILES string of the molecule is Cc1ncsc1CCOc1cccc(Oc2ccc(CN(Cc3ccc(C#N)cc3)c3cccc(NS(C)(=O)=O)c3C)cc2)c1. The van der Waals surface area contributed by atoms with Crippen LogP contribution in [0.5, 0.6) is 17.2 Å². The van der Waals surface area contributed by atoms with Crippen molar-refractivity contribution in [2.75, 3.05) is 22.5 Å². The predicted molar refractivity (Wildman–Crippen MR) is 180 cm³/mol. The van der Waals surface area contributed by atoms with Gasteiger partial charge in [0.05, 0.1) is 41.4 Å². The highest BCUT2D eigenvalue weighted by molar-refractivity contribution is 7.92. The molecule has 5 rings (SSSR count). The standard InChI is InChI=1S/C35H34N4O4S2/c1-25-33(38-45(3,40)41)8-5-9-34(25)39(22-28-12-10-27(21-36)11-13-28)23-29-14-16-30(17-15-29)43-32-7-4-6-31(20-32)42-19-18-35-26(2)37-24-44-35/h4-17,20,24,38H,18-19,22-23H2,1-3H3. The molecule has 0 atom stereocenters. The molecule has 0 aliphatic carbocycles. The van der Waals surface area contributed by atoms with Crippen molar-refractivity contribution in [2.24, 2.45) is 0 Å². The van der Waals surface area contributed by atoms with E-state index in [0.29, 0.717) is 42.4 Å². The number of benzene rings is 4. The topological polar surface area (TPSA) is 105 Å². The van der Waals surface area contributed by atoms with Gasteiger partial charge in [0.1, 0.15) is 17.2 Å². The number of nitriles is 1. The molecule has 0 aliphatic heterocycles. The Morgan fingerprint density at radius 3 is 2.20 bits per heavy atom. The van der Waals surface area contributed by atoms with Crippen molar-refractivity contribution in [1.82, 2.24) is 4.98 Å². The summed E-state index contributed by atoms with van der Waals surface area (Å²) in [6, 6.07) is 30.7. The fourth-order valence-corrected chi connectivity index (χ4v) is 6.27. The largest absolute Gasteiger partial charge is 0.493 e. The molecule has 4 aromatic carbocycles. The molecule has 1 heterocycles. The molecular weight excluding hydrogens is 605 g/mol. The zero-order valence-corrected chi connectivity index (χ0v) is 27.0. The lowest BCUT2D eigenvalue weighted by molar-refractivity contribution is 0.321. The fraction of sp³-hybridized carbons (Fsp3) is 0.200. The zero-order valence-electron chi connectivity index (χ0n) is 25.4. The van der Waals surface area contributed by atoms with Gasteiger partial charge in [0, 0.05) is 36.1 Å². The van der Waals surface area contributed by atoms with Crippen LogP contribution in [0.25, 0.3) is 0 Å². The summed E-state index contributed by atoms with van der Waals surface area (Å²) in [5.41, 5.74) is 7.83. The maximum Gasteiger partial charge on any atom is 0.229 e. The van der Waals surface area contributed by atoms with Crippen molar-refractivity contribution in [1.29, 1.82) is 5.26 Å². The first kappa shape index (κ1) is 31.6. The molecule has 0 unspecified atom stereocenters. The Hall–Kier alpha value is -4.85. The quantitative estimate of drug-likeness (QED) is 0.141. The molecule has 0 radical (unpaired) electrons. The summed E-state index contributed by atoms with van der Waals surface area (Å²) in [4.78, 5) is 7.71. The van der Waals surface area contributed by atoms with E-state index in [1.54, 1.807) is 29.5 Å². The minimum absolute atomic E-state index is 0.536. The van der Waals surface area contributed by atoms with E-state index in [-0.39, 0.29) is 0 Å². The second-order valence-electron chi connectivity index (χ2n) is 10.7. The summed E-state index contributed by atoms with van der Waals surface area (Å²) in [5, 5.41) is 9.21. The van der Waals surface area contributed by atoms with E-state index in [0.717, 1.165) is 46.5 Å². The number of hydrogen-bond donors (Lipinski definition) is 1. The molecule has 1 N–H and O–H groups in total. The van der Waals surface area contributed by atoms with Gasteiger partial charge in [-0.3, -0.25) is 4.72 Å². The Morgan fingerprint density at radius 2 is 1.56 bits per heavy atom. The molecule has 0 amide bonds. The van der Waals surface area contributed by atoms with E-state index in [1.807, 2.05) is 92.2 Å². The fourth-order valence-electron chi connectivity index (χ4n) is 4.88. The molecule has 0 fully saturated rings. The zero-order chi connectivity index (χ0) is 31.8. The Bertz CT molecular complexity index is 1900. The lowest BCUT2D eigenvalue weighted by Gasteiger charge is -2.28. The van der Waals surface area contributed by atoms with Crippen LogP contribution < -0.4 is 19.1 Å². The molecule has 5 aromatic rings. The monoisotopic (exact) mass is 638 g/mol. The number of nitrogens with one attached hydrogen (secondary N) is 1. The van der Waals surface area contributed by atoms with Crippen LogP contribution in [-0.2, 0) is 29.5 Å². The Balaban J connectivity index is 1.30. The smallest absolute Gasteiger partial charge is 0.229 e. The van der Waals surface area contributed by atoms with Gasteiger partial charge in [-0.25, -0.2) is 13.4 Å². The van der Waals surface area contributed by atoms with Crippen molar-refractivity contribution in [3.05, 3.63) is 129 Å². The van der Waals surface area contributed by atoms with Crippen molar-refractivity contribution in [3.8, 4) is 23.3 Å². The molecule has 45 heavy (non-hydrogen) atoms. The van der Waals surface area contributed by atoms with Crippen LogP contribution in [-0.4, -0.2) is 26.3 Å². The van der Waals surface area contributed by atoms with Gasteiger partial charge in [-0.1, -0.05) is 36.4 Å². The summed E-state index contributed by atoms with van der Waals surface area (Å²) >= 11 is 1.64. The molecule has 0 spiro atoms. The third kappa shape index (κ3) is 8.85. The summed E-state index contributed by atoms with van der Waals surface area (Å²) in [7, 11) is -3.44. The van der Waals surface area contributed by atoms with Crippen LogP contribution in [0.4, 0.5) is 11.4 Å². The third-order valence-electron chi connectivity index (χ3n) is 7.18.